The van der Waals surface area contributed by atoms with Gasteiger partial charge in [-0.15, -0.1) is 0 Å². The van der Waals surface area contributed by atoms with Crippen LogP contribution in [-0.2, 0) is 9.59 Å². The van der Waals surface area contributed by atoms with Crippen LogP contribution < -0.4 is 14.8 Å². The van der Waals surface area contributed by atoms with Gasteiger partial charge in [-0.1, -0.05) is 6.07 Å². The largest absolute Gasteiger partial charge is 0.486 e. The van der Waals surface area contributed by atoms with Crippen LogP contribution in [0.2, 0.25) is 0 Å². The third kappa shape index (κ3) is 3.39. The van der Waals surface area contributed by atoms with Crippen LogP contribution >= 0.6 is 0 Å². The van der Waals surface area contributed by atoms with Crippen LogP contribution in [0.1, 0.15) is 63.0 Å². The second-order valence-corrected chi connectivity index (χ2v) is 10.5. The van der Waals surface area contributed by atoms with Crippen LogP contribution in [0.15, 0.2) is 18.2 Å². The highest BCUT2D eigenvalue weighted by atomic mass is 16.6. The minimum atomic E-state index is -0.199. The fraction of sp³-hybridized carbons (Fsp3) is 0.680. The molecule has 1 saturated heterocycles. The van der Waals surface area contributed by atoms with E-state index in [2.05, 4.69) is 5.32 Å². The van der Waals surface area contributed by atoms with Crippen molar-refractivity contribution < 1.29 is 19.1 Å². The Morgan fingerprint density at radius 2 is 1.68 bits per heavy atom. The minimum Gasteiger partial charge on any atom is -0.486 e. The summed E-state index contributed by atoms with van der Waals surface area (Å²) in [5.41, 5.74) is 0.887. The summed E-state index contributed by atoms with van der Waals surface area (Å²) in [5, 5.41) is 3.06. The molecule has 2 aliphatic heterocycles. The van der Waals surface area contributed by atoms with E-state index < -0.39 is 0 Å². The van der Waals surface area contributed by atoms with Crippen molar-refractivity contribution in [1.82, 2.24) is 10.2 Å². The average molecular weight is 425 g/mol. The molecule has 4 saturated carbocycles. The Kier molecular flexibility index (Phi) is 4.65. The maximum absolute atomic E-state index is 13.2. The third-order valence-corrected chi connectivity index (χ3v) is 8.44. The van der Waals surface area contributed by atoms with Crippen molar-refractivity contribution in [3.05, 3.63) is 23.8 Å². The zero-order valence-electron chi connectivity index (χ0n) is 18.1. The van der Waals surface area contributed by atoms with Gasteiger partial charge in [-0.3, -0.25) is 9.59 Å². The first-order valence-corrected chi connectivity index (χ1v) is 12.1. The van der Waals surface area contributed by atoms with Crippen molar-refractivity contribution >= 4 is 11.8 Å². The molecule has 2 amide bonds. The third-order valence-electron chi connectivity index (χ3n) is 8.44. The lowest BCUT2D eigenvalue weighted by atomic mass is 9.49. The number of carbonyl (C=O) groups excluding carboxylic acids is 2. The second-order valence-electron chi connectivity index (χ2n) is 10.5. The highest BCUT2D eigenvalue weighted by molar-refractivity contribution is 5.88. The summed E-state index contributed by atoms with van der Waals surface area (Å²) in [6.45, 7) is 1.98. The molecule has 0 radical (unpaired) electrons. The number of likely N-dealkylation sites (tertiary alicyclic amines) is 1. The molecular formula is C25H32N2O4. The van der Waals surface area contributed by atoms with Gasteiger partial charge in [0.2, 0.25) is 11.8 Å². The maximum atomic E-state index is 13.2. The van der Waals surface area contributed by atoms with Gasteiger partial charge in [0.25, 0.3) is 0 Å². The maximum Gasteiger partial charge on any atom is 0.242 e. The highest BCUT2D eigenvalue weighted by Gasteiger charge is 2.54. The summed E-state index contributed by atoms with van der Waals surface area (Å²) in [6, 6.07) is 6.04. The van der Waals surface area contributed by atoms with Gasteiger partial charge in [-0.25, -0.2) is 0 Å². The first-order valence-electron chi connectivity index (χ1n) is 12.1. The molecule has 7 rings (SSSR count). The van der Waals surface area contributed by atoms with E-state index in [1.165, 1.54) is 19.3 Å². The molecule has 6 nitrogen and oxygen atoms in total. The van der Waals surface area contributed by atoms with Gasteiger partial charge >= 0.3 is 0 Å². The normalized spacial score (nSPS) is 35.3. The van der Waals surface area contributed by atoms with Crippen LogP contribution in [0, 0.1) is 23.2 Å². The van der Waals surface area contributed by atoms with Crippen molar-refractivity contribution in [2.75, 3.05) is 26.3 Å². The monoisotopic (exact) mass is 424 g/mol. The molecule has 1 atom stereocenters. The number of fused-ring (bicyclic) bond motifs is 1. The molecule has 2 heterocycles. The van der Waals surface area contributed by atoms with Gasteiger partial charge < -0.3 is 19.7 Å². The van der Waals surface area contributed by atoms with E-state index in [0.29, 0.717) is 13.2 Å². The summed E-state index contributed by atoms with van der Waals surface area (Å²) in [6.07, 6.45) is 8.96. The number of rotatable bonds is 4. The Morgan fingerprint density at radius 3 is 2.39 bits per heavy atom. The smallest absolute Gasteiger partial charge is 0.242 e. The summed E-state index contributed by atoms with van der Waals surface area (Å²) in [7, 11) is 0. The minimum absolute atomic E-state index is 0.0236. The lowest BCUT2D eigenvalue weighted by molar-refractivity contribution is -0.148. The van der Waals surface area contributed by atoms with E-state index in [-0.39, 0.29) is 29.8 Å². The average Bonchev–Trinajstić information content (AvgIpc) is 3.26. The van der Waals surface area contributed by atoms with E-state index in [9.17, 15) is 9.59 Å². The van der Waals surface area contributed by atoms with E-state index in [0.717, 1.165) is 73.5 Å². The number of carbonyl (C=O) groups is 2. The molecule has 6 aliphatic rings. The lowest BCUT2D eigenvalue weighted by Gasteiger charge is -2.55. The van der Waals surface area contributed by atoms with Crippen molar-refractivity contribution in [2.45, 2.75) is 57.4 Å². The first kappa shape index (κ1) is 19.4. The molecule has 5 fully saturated rings. The van der Waals surface area contributed by atoms with Crippen molar-refractivity contribution in [3.8, 4) is 11.5 Å². The number of hydrogen-bond donors (Lipinski definition) is 1. The van der Waals surface area contributed by atoms with Gasteiger partial charge in [0.05, 0.1) is 12.6 Å². The fourth-order valence-corrected chi connectivity index (χ4v) is 7.51. The molecule has 4 aliphatic carbocycles. The van der Waals surface area contributed by atoms with Gasteiger partial charge in [0, 0.05) is 12.0 Å². The summed E-state index contributed by atoms with van der Waals surface area (Å²) in [4.78, 5) is 28.3. The van der Waals surface area contributed by atoms with E-state index >= 15 is 0 Å². The van der Waals surface area contributed by atoms with Crippen molar-refractivity contribution in [3.63, 3.8) is 0 Å². The van der Waals surface area contributed by atoms with Crippen LogP contribution in [0.25, 0.3) is 0 Å². The standard InChI is InChI=1S/C25H32N2O4/c28-23(15-26-24(29)25-12-16-8-17(13-25)10-18(9-16)14-25)27-5-1-2-20(27)19-3-4-21-22(11-19)31-7-6-30-21/h3-4,11,16-18,20H,1-2,5-10,12-15H2,(H,26,29)/t16?,17?,18?,20-,25?/m0/s1. The Hall–Kier alpha value is -2.24. The van der Waals surface area contributed by atoms with E-state index in [1.807, 2.05) is 23.1 Å². The molecule has 0 aromatic heterocycles. The van der Waals surface area contributed by atoms with Crippen LogP contribution in [-0.4, -0.2) is 43.0 Å². The molecule has 166 valence electrons. The summed E-state index contributed by atoms with van der Waals surface area (Å²) in [5.74, 6) is 3.87. The summed E-state index contributed by atoms with van der Waals surface area (Å²) < 4.78 is 11.4. The molecule has 0 unspecified atom stereocenters. The predicted molar refractivity (Wildman–Crippen MR) is 115 cm³/mol. The highest BCUT2D eigenvalue weighted by Crippen LogP contribution is 2.60. The number of nitrogens with one attached hydrogen (secondary N) is 1. The Morgan fingerprint density at radius 1 is 1.00 bits per heavy atom. The van der Waals surface area contributed by atoms with E-state index in [1.54, 1.807) is 0 Å². The molecule has 31 heavy (non-hydrogen) atoms. The lowest BCUT2D eigenvalue weighted by Crippen LogP contribution is -2.54. The topological polar surface area (TPSA) is 67.9 Å². The number of hydrogen-bond acceptors (Lipinski definition) is 4. The SMILES string of the molecule is O=C(CNC(=O)C12CC3CC(CC(C3)C1)C2)N1CCC[C@H]1c1ccc2c(c1)OCCO2. The fourth-order valence-electron chi connectivity index (χ4n) is 7.51. The Labute approximate surface area is 183 Å². The molecule has 4 bridgehead atoms. The van der Waals surface area contributed by atoms with Crippen LogP contribution in [0.5, 0.6) is 11.5 Å². The van der Waals surface area contributed by atoms with Crippen LogP contribution in [0.3, 0.4) is 0 Å². The Bertz CT molecular complexity index is 862. The van der Waals surface area contributed by atoms with Gasteiger partial charge in [-0.2, -0.15) is 0 Å². The second kappa shape index (κ2) is 7.42. The number of benzene rings is 1. The van der Waals surface area contributed by atoms with Gasteiger partial charge in [0.15, 0.2) is 11.5 Å². The van der Waals surface area contributed by atoms with Gasteiger partial charge in [-0.05, 0) is 86.8 Å². The quantitative estimate of drug-likeness (QED) is 0.804. The molecule has 1 aromatic carbocycles. The molecular weight excluding hydrogens is 392 g/mol. The van der Waals surface area contributed by atoms with Crippen LogP contribution in [0.4, 0.5) is 0 Å². The van der Waals surface area contributed by atoms with Gasteiger partial charge in [0.1, 0.15) is 13.2 Å². The van der Waals surface area contributed by atoms with Crippen molar-refractivity contribution in [1.29, 1.82) is 0 Å². The first-order chi connectivity index (χ1) is 15.1. The van der Waals surface area contributed by atoms with Crippen molar-refractivity contribution in [2.24, 2.45) is 23.2 Å². The molecule has 6 heteroatoms. The zero-order chi connectivity index (χ0) is 21.0. The Balaban J connectivity index is 1.11. The predicted octanol–water partition coefficient (Wildman–Crippen LogP) is 3.45. The zero-order valence-corrected chi connectivity index (χ0v) is 18.1. The number of ether oxygens (including phenoxy) is 2. The number of amides is 2. The molecule has 1 aromatic rings. The van der Waals surface area contributed by atoms with E-state index in [4.69, 9.17) is 9.47 Å². The molecule has 0 spiro atoms. The summed E-state index contributed by atoms with van der Waals surface area (Å²) >= 11 is 0. The molecule has 1 N–H and O–H groups in total. The number of nitrogens with zero attached hydrogens (tertiary/aromatic N) is 1.